The van der Waals surface area contributed by atoms with Gasteiger partial charge in [0.2, 0.25) is 0 Å². The van der Waals surface area contributed by atoms with E-state index in [0.717, 1.165) is 17.8 Å². The van der Waals surface area contributed by atoms with Gasteiger partial charge in [0.1, 0.15) is 0 Å². The summed E-state index contributed by atoms with van der Waals surface area (Å²) in [7, 11) is 0. The molecular weight excluding hydrogens is 212 g/mol. The van der Waals surface area contributed by atoms with Crippen LogP contribution in [0.3, 0.4) is 0 Å². The number of hydrogen-bond acceptors (Lipinski definition) is 1. The van der Waals surface area contributed by atoms with Gasteiger partial charge in [0, 0.05) is 5.41 Å². The number of carbonyl (C=O) groups is 1. The molecule has 0 spiro atoms. The van der Waals surface area contributed by atoms with E-state index in [0.29, 0.717) is 23.2 Å². The van der Waals surface area contributed by atoms with Crippen LogP contribution < -0.4 is 0 Å². The lowest BCUT2D eigenvalue weighted by molar-refractivity contribution is -0.613. The van der Waals surface area contributed by atoms with Crippen molar-refractivity contribution in [2.45, 2.75) is 5.41 Å². The zero-order chi connectivity index (χ0) is 11.2. The average molecular weight is 224 g/mol. The van der Waals surface area contributed by atoms with Gasteiger partial charge in [0.05, 0.1) is 5.41 Å². The lowest BCUT2D eigenvalue weighted by atomic mass is 8.92. The van der Waals surface area contributed by atoms with Crippen LogP contribution in [0.1, 0.15) is 5.56 Å². The van der Waals surface area contributed by atoms with Crippen LogP contribution in [0.2, 0.25) is 0 Å². The summed E-state index contributed by atoms with van der Waals surface area (Å²) in [5.41, 5.74) is 1.75. The van der Waals surface area contributed by atoms with E-state index < -0.39 is 5.97 Å². The molecule has 1 N–H and O–H groups in total. The Bertz CT molecular complexity index is 549. The molecule has 2 nitrogen and oxygen atoms in total. The molecule has 0 aliphatic heterocycles. The van der Waals surface area contributed by atoms with Crippen LogP contribution in [0.4, 0.5) is 0 Å². The SMILES string of the molecule is O=C(O)C12C3C4C1C1C2C3C41c1ccccc1. The van der Waals surface area contributed by atoms with E-state index in [-0.39, 0.29) is 5.41 Å². The second-order valence-electron chi connectivity index (χ2n) is 6.69. The number of hydrogen-bond donors (Lipinski definition) is 1. The minimum atomic E-state index is -0.484. The molecule has 0 bridgehead atoms. The quantitative estimate of drug-likeness (QED) is 0.831. The Morgan fingerprint density at radius 3 is 1.94 bits per heavy atom. The molecule has 0 saturated heterocycles. The molecule has 6 aliphatic carbocycles. The molecule has 1 aromatic rings. The minimum absolute atomic E-state index is 0.212. The Morgan fingerprint density at radius 2 is 1.47 bits per heavy atom. The maximum absolute atomic E-state index is 11.4. The van der Waals surface area contributed by atoms with Gasteiger partial charge in [-0.15, -0.1) is 0 Å². The summed E-state index contributed by atoms with van der Waals surface area (Å²) in [6, 6.07) is 10.8. The highest BCUT2D eigenvalue weighted by atomic mass is 16.4. The lowest BCUT2D eigenvalue weighted by Gasteiger charge is -3.10. The van der Waals surface area contributed by atoms with E-state index in [4.69, 9.17) is 0 Å². The Labute approximate surface area is 98.6 Å². The number of rotatable bonds is 2. The maximum Gasteiger partial charge on any atom is 0.310 e. The van der Waals surface area contributed by atoms with Gasteiger partial charge in [0.25, 0.3) is 0 Å². The number of carboxylic acids is 1. The fourth-order valence-corrected chi connectivity index (χ4v) is 7.26. The van der Waals surface area contributed by atoms with Crippen LogP contribution in [0.5, 0.6) is 0 Å². The zero-order valence-corrected chi connectivity index (χ0v) is 9.21. The fraction of sp³-hybridized carbons (Fsp3) is 0.533. The maximum atomic E-state index is 11.4. The normalized spacial score (nSPS) is 65.4. The molecule has 0 unspecified atom stereocenters. The Kier molecular flexibility index (Phi) is 0.813. The van der Waals surface area contributed by atoms with Crippen molar-refractivity contribution in [1.29, 1.82) is 0 Å². The second-order valence-corrected chi connectivity index (χ2v) is 6.69. The van der Waals surface area contributed by atoms with Gasteiger partial charge in [-0.1, -0.05) is 30.3 Å². The highest BCUT2D eigenvalue weighted by Gasteiger charge is 3.11. The summed E-state index contributed by atoms with van der Waals surface area (Å²) in [4.78, 5) is 11.4. The van der Waals surface area contributed by atoms with Gasteiger partial charge in [-0.2, -0.15) is 0 Å². The summed E-state index contributed by atoms with van der Waals surface area (Å²) in [6.07, 6.45) is 0. The molecule has 2 heteroatoms. The zero-order valence-electron chi connectivity index (χ0n) is 9.21. The Morgan fingerprint density at radius 1 is 0.941 bits per heavy atom. The van der Waals surface area contributed by atoms with Gasteiger partial charge in [-0.25, -0.2) is 0 Å². The summed E-state index contributed by atoms with van der Waals surface area (Å²) in [5.74, 6) is 3.39. The van der Waals surface area contributed by atoms with Crippen molar-refractivity contribution in [3.8, 4) is 0 Å². The smallest absolute Gasteiger partial charge is 0.310 e. The molecule has 0 aromatic heterocycles. The van der Waals surface area contributed by atoms with Gasteiger partial charge in [-0.05, 0) is 41.1 Å². The molecule has 17 heavy (non-hydrogen) atoms. The van der Waals surface area contributed by atoms with Crippen LogP contribution in [-0.2, 0) is 10.2 Å². The summed E-state index contributed by atoms with van der Waals surface area (Å²) in [5, 5.41) is 9.42. The topological polar surface area (TPSA) is 37.3 Å². The molecular formula is C15H12O2. The first-order chi connectivity index (χ1) is 8.28. The van der Waals surface area contributed by atoms with Crippen molar-refractivity contribution in [2.24, 2.45) is 40.9 Å². The van der Waals surface area contributed by atoms with Gasteiger partial charge in [-0.3, -0.25) is 4.79 Å². The third kappa shape index (κ3) is 0.382. The van der Waals surface area contributed by atoms with E-state index in [1.165, 1.54) is 5.56 Å². The molecule has 6 fully saturated rings. The van der Waals surface area contributed by atoms with E-state index in [1.807, 2.05) is 0 Å². The van der Waals surface area contributed by atoms with E-state index in [2.05, 4.69) is 30.3 Å². The highest BCUT2D eigenvalue weighted by Crippen LogP contribution is 3.09. The minimum Gasteiger partial charge on any atom is -0.481 e. The van der Waals surface area contributed by atoms with Gasteiger partial charge < -0.3 is 5.11 Å². The Balaban J connectivity index is 1.50. The molecule has 1 aromatic carbocycles. The van der Waals surface area contributed by atoms with Crippen molar-refractivity contribution < 1.29 is 9.90 Å². The molecule has 0 atom stereocenters. The standard InChI is InChI=1S/C15H12O2/c16-13(17)15-10-7-11(15)9-12(15)8(10)14(7,9)6-4-2-1-3-5-6/h1-5,7-12H,(H,16,17). The van der Waals surface area contributed by atoms with Crippen molar-refractivity contribution in [3.05, 3.63) is 35.9 Å². The third-order valence-electron chi connectivity index (χ3n) is 7.27. The molecule has 7 rings (SSSR count). The monoisotopic (exact) mass is 224 g/mol. The number of carboxylic acid groups (broad SMARTS) is 1. The first-order valence-corrected chi connectivity index (χ1v) is 6.57. The lowest BCUT2D eigenvalue weighted by Crippen LogP contribution is -3.12. The van der Waals surface area contributed by atoms with E-state index in [9.17, 15) is 9.90 Å². The predicted octanol–water partition coefficient (Wildman–Crippen LogP) is 1.76. The van der Waals surface area contributed by atoms with Crippen molar-refractivity contribution >= 4 is 5.97 Å². The highest BCUT2D eigenvalue weighted by molar-refractivity contribution is 5.88. The molecule has 0 heterocycles. The first kappa shape index (κ1) is 7.91. The fourth-order valence-electron chi connectivity index (χ4n) is 7.26. The molecule has 6 aliphatic rings. The van der Waals surface area contributed by atoms with Crippen LogP contribution in [0, 0.1) is 40.9 Å². The van der Waals surface area contributed by atoms with Crippen molar-refractivity contribution in [2.75, 3.05) is 0 Å². The summed E-state index contributed by atoms with van der Waals surface area (Å²) in [6.45, 7) is 0. The Hall–Kier alpha value is -1.31. The third-order valence-corrected chi connectivity index (χ3v) is 7.27. The first-order valence-electron chi connectivity index (χ1n) is 6.57. The van der Waals surface area contributed by atoms with E-state index >= 15 is 0 Å². The summed E-state index contributed by atoms with van der Waals surface area (Å²) >= 11 is 0. The van der Waals surface area contributed by atoms with Crippen molar-refractivity contribution in [1.82, 2.24) is 0 Å². The predicted molar refractivity (Wildman–Crippen MR) is 59.1 cm³/mol. The summed E-state index contributed by atoms with van der Waals surface area (Å²) < 4.78 is 0. The van der Waals surface area contributed by atoms with E-state index in [1.54, 1.807) is 0 Å². The molecule has 0 radical (unpaired) electrons. The average Bonchev–Trinajstić information content (AvgIpc) is 2.39. The number of aliphatic carboxylic acids is 1. The molecule has 6 saturated carbocycles. The van der Waals surface area contributed by atoms with Crippen molar-refractivity contribution in [3.63, 3.8) is 0 Å². The number of benzene rings is 1. The van der Waals surface area contributed by atoms with Crippen LogP contribution in [0.25, 0.3) is 0 Å². The van der Waals surface area contributed by atoms with Crippen LogP contribution >= 0.6 is 0 Å². The largest absolute Gasteiger partial charge is 0.481 e. The molecule has 84 valence electrons. The van der Waals surface area contributed by atoms with Crippen LogP contribution in [0.15, 0.2) is 30.3 Å². The molecule has 0 amide bonds. The van der Waals surface area contributed by atoms with Gasteiger partial charge >= 0.3 is 5.97 Å². The van der Waals surface area contributed by atoms with Gasteiger partial charge in [0.15, 0.2) is 0 Å². The second kappa shape index (κ2) is 1.75. The van der Waals surface area contributed by atoms with Crippen LogP contribution in [-0.4, -0.2) is 11.1 Å².